The minimum atomic E-state index is -3.56. The molecule has 0 aromatic rings. The zero-order chi connectivity index (χ0) is 15.0. The van der Waals surface area contributed by atoms with Crippen LogP contribution in [0.4, 0.5) is 0 Å². The summed E-state index contributed by atoms with van der Waals surface area (Å²) in [6, 6.07) is 0.160. The normalized spacial score (nSPS) is 34.1. The summed E-state index contributed by atoms with van der Waals surface area (Å²) in [5.74, 6) is -0.0487. The van der Waals surface area contributed by atoms with Crippen LogP contribution in [0.5, 0.6) is 0 Å². The third-order valence-corrected chi connectivity index (χ3v) is 5.98. The number of ether oxygens (including phenoxy) is 1. The van der Waals surface area contributed by atoms with Crippen molar-refractivity contribution in [1.29, 1.82) is 0 Å². The molecule has 6 nitrogen and oxygen atoms in total. The molecule has 0 spiro atoms. The van der Waals surface area contributed by atoms with Crippen molar-refractivity contribution in [2.24, 2.45) is 11.1 Å². The maximum absolute atomic E-state index is 11.7. The number of primary sulfonamides is 1. The Morgan fingerprint density at radius 3 is 2.30 bits per heavy atom. The average molecular weight is 306 g/mol. The van der Waals surface area contributed by atoms with Crippen molar-refractivity contribution in [1.82, 2.24) is 4.90 Å². The lowest BCUT2D eigenvalue weighted by Crippen LogP contribution is -2.52. The number of aliphatic hydroxyl groups is 1. The summed E-state index contributed by atoms with van der Waals surface area (Å²) in [5.41, 5.74) is -0.881. The molecule has 0 aromatic carbocycles. The van der Waals surface area contributed by atoms with Gasteiger partial charge in [-0.1, -0.05) is 0 Å². The van der Waals surface area contributed by atoms with Gasteiger partial charge in [0.1, 0.15) is 0 Å². The molecular weight excluding hydrogens is 280 g/mol. The fraction of sp³-hybridized carbons (Fsp3) is 1.00. The molecule has 1 saturated heterocycles. The van der Waals surface area contributed by atoms with E-state index in [1.54, 1.807) is 13.8 Å². The molecule has 7 heteroatoms. The lowest BCUT2D eigenvalue weighted by atomic mass is 9.76. The summed E-state index contributed by atoms with van der Waals surface area (Å²) >= 11 is 0. The number of nitrogens with zero attached hydrogens (tertiary/aromatic N) is 1. The van der Waals surface area contributed by atoms with E-state index in [1.807, 2.05) is 0 Å². The predicted octanol–water partition coefficient (Wildman–Crippen LogP) is -0.0847. The number of rotatable bonds is 3. The van der Waals surface area contributed by atoms with Crippen LogP contribution < -0.4 is 5.14 Å². The van der Waals surface area contributed by atoms with Gasteiger partial charge >= 0.3 is 0 Å². The molecule has 1 saturated carbocycles. The Morgan fingerprint density at radius 2 is 1.80 bits per heavy atom. The molecule has 0 aromatic heterocycles. The van der Waals surface area contributed by atoms with E-state index in [-0.39, 0.29) is 12.0 Å². The molecule has 118 valence electrons. The van der Waals surface area contributed by atoms with Gasteiger partial charge in [-0.05, 0) is 39.0 Å². The molecule has 1 aliphatic carbocycles. The summed E-state index contributed by atoms with van der Waals surface area (Å²) in [4.78, 5) is 2.28. The molecule has 2 aliphatic rings. The highest BCUT2D eigenvalue weighted by molar-refractivity contribution is 7.89. The average Bonchev–Trinajstić information content (AvgIpc) is 2.37. The van der Waals surface area contributed by atoms with Crippen molar-refractivity contribution < 1.29 is 18.3 Å². The van der Waals surface area contributed by atoms with Crippen LogP contribution in [0.15, 0.2) is 0 Å². The standard InChI is InChI=1S/C13H26N2O4S/c1-13(2,16)10-7-11(15-3-5-19-6-4-15)9-12(8-10)20(14,17)18/h10-12,16H,3-9H2,1-2H3,(H2,14,17,18). The van der Waals surface area contributed by atoms with Gasteiger partial charge in [0, 0.05) is 19.1 Å². The molecule has 0 radical (unpaired) electrons. The molecule has 1 heterocycles. The first-order chi connectivity index (χ1) is 9.18. The Morgan fingerprint density at radius 1 is 1.20 bits per heavy atom. The lowest BCUT2D eigenvalue weighted by molar-refractivity contribution is -0.0373. The van der Waals surface area contributed by atoms with Crippen LogP contribution in [0, 0.1) is 5.92 Å². The molecular formula is C13H26N2O4S. The van der Waals surface area contributed by atoms with Crippen molar-refractivity contribution in [3.63, 3.8) is 0 Å². The summed E-state index contributed by atoms with van der Waals surface area (Å²) in [5, 5.41) is 15.1. The smallest absolute Gasteiger partial charge is 0.212 e. The van der Waals surface area contributed by atoms with Gasteiger partial charge in [-0.15, -0.1) is 0 Å². The van der Waals surface area contributed by atoms with Crippen LogP contribution in [0.25, 0.3) is 0 Å². The zero-order valence-electron chi connectivity index (χ0n) is 12.3. The molecule has 20 heavy (non-hydrogen) atoms. The third kappa shape index (κ3) is 3.92. The van der Waals surface area contributed by atoms with Gasteiger partial charge in [-0.2, -0.15) is 0 Å². The summed E-state index contributed by atoms with van der Waals surface area (Å²) in [6.45, 7) is 6.51. The fourth-order valence-corrected chi connectivity index (χ4v) is 4.31. The lowest BCUT2D eigenvalue weighted by Gasteiger charge is -2.44. The van der Waals surface area contributed by atoms with E-state index in [0.717, 1.165) is 19.5 Å². The second-order valence-electron chi connectivity index (χ2n) is 6.57. The number of sulfonamides is 1. The van der Waals surface area contributed by atoms with E-state index in [4.69, 9.17) is 9.88 Å². The molecule has 0 amide bonds. The van der Waals surface area contributed by atoms with Crippen molar-refractivity contribution >= 4 is 10.0 Å². The minimum Gasteiger partial charge on any atom is -0.390 e. The molecule has 2 fully saturated rings. The minimum absolute atomic E-state index is 0.0487. The van der Waals surface area contributed by atoms with E-state index in [0.29, 0.717) is 26.1 Å². The summed E-state index contributed by atoms with van der Waals surface area (Å²) < 4.78 is 28.8. The number of hydrogen-bond acceptors (Lipinski definition) is 5. The zero-order valence-corrected chi connectivity index (χ0v) is 13.1. The predicted molar refractivity (Wildman–Crippen MR) is 76.7 cm³/mol. The quantitative estimate of drug-likeness (QED) is 0.760. The molecule has 0 bridgehead atoms. The SMILES string of the molecule is CC(C)(O)C1CC(N2CCOCC2)CC(S(N)(=O)=O)C1. The van der Waals surface area contributed by atoms with E-state index in [2.05, 4.69) is 4.90 Å². The van der Waals surface area contributed by atoms with Gasteiger partial charge < -0.3 is 9.84 Å². The van der Waals surface area contributed by atoms with Crippen LogP contribution in [-0.4, -0.2) is 61.6 Å². The highest BCUT2D eigenvalue weighted by Gasteiger charge is 2.42. The maximum atomic E-state index is 11.7. The Labute approximate surface area is 121 Å². The first kappa shape index (κ1) is 16.2. The Balaban J connectivity index is 2.15. The van der Waals surface area contributed by atoms with Crippen LogP contribution in [0.2, 0.25) is 0 Å². The van der Waals surface area contributed by atoms with Crippen molar-refractivity contribution in [2.75, 3.05) is 26.3 Å². The Hall–Kier alpha value is -0.210. The first-order valence-corrected chi connectivity index (χ1v) is 8.84. The number of hydrogen-bond donors (Lipinski definition) is 2. The largest absolute Gasteiger partial charge is 0.390 e. The van der Waals surface area contributed by atoms with Gasteiger partial charge in [0.05, 0.1) is 24.1 Å². The monoisotopic (exact) mass is 306 g/mol. The molecule has 2 rings (SSSR count). The molecule has 3 atom stereocenters. The third-order valence-electron chi connectivity index (χ3n) is 4.66. The highest BCUT2D eigenvalue weighted by atomic mass is 32.2. The maximum Gasteiger partial charge on any atom is 0.212 e. The van der Waals surface area contributed by atoms with Crippen LogP contribution in [-0.2, 0) is 14.8 Å². The fourth-order valence-electron chi connectivity index (χ4n) is 3.32. The second-order valence-corrected chi connectivity index (χ2v) is 8.42. The first-order valence-electron chi connectivity index (χ1n) is 7.23. The highest BCUT2D eigenvalue weighted by Crippen LogP contribution is 2.37. The van der Waals surface area contributed by atoms with Crippen LogP contribution in [0.3, 0.4) is 0 Å². The Bertz CT molecular complexity index is 426. The Kier molecular flexibility index (Phi) is 4.76. The van der Waals surface area contributed by atoms with Crippen molar-refractivity contribution in [3.8, 4) is 0 Å². The van der Waals surface area contributed by atoms with Crippen molar-refractivity contribution in [3.05, 3.63) is 0 Å². The summed E-state index contributed by atoms with van der Waals surface area (Å²) in [7, 11) is -3.56. The molecule has 1 aliphatic heterocycles. The van der Waals surface area contributed by atoms with Gasteiger partial charge in [0.25, 0.3) is 0 Å². The van der Waals surface area contributed by atoms with E-state index in [1.165, 1.54) is 0 Å². The van der Waals surface area contributed by atoms with Gasteiger partial charge in [0.15, 0.2) is 0 Å². The van der Waals surface area contributed by atoms with E-state index >= 15 is 0 Å². The molecule has 3 N–H and O–H groups in total. The second kappa shape index (κ2) is 5.88. The van der Waals surface area contributed by atoms with Crippen LogP contribution >= 0.6 is 0 Å². The van der Waals surface area contributed by atoms with E-state index in [9.17, 15) is 13.5 Å². The van der Waals surface area contributed by atoms with Gasteiger partial charge in [0.2, 0.25) is 10.0 Å². The van der Waals surface area contributed by atoms with Gasteiger partial charge in [-0.25, -0.2) is 13.6 Å². The molecule has 3 unspecified atom stereocenters. The summed E-state index contributed by atoms with van der Waals surface area (Å²) in [6.07, 6.45) is 1.82. The number of nitrogens with two attached hydrogens (primary N) is 1. The topological polar surface area (TPSA) is 92.9 Å². The van der Waals surface area contributed by atoms with Gasteiger partial charge in [-0.3, -0.25) is 4.90 Å². The van der Waals surface area contributed by atoms with Crippen LogP contribution in [0.1, 0.15) is 33.1 Å². The van der Waals surface area contributed by atoms with E-state index < -0.39 is 20.9 Å². The number of morpholine rings is 1. The van der Waals surface area contributed by atoms with Crippen molar-refractivity contribution in [2.45, 2.75) is 50.0 Å².